The van der Waals surface area contributed by atoms with Crippen molar-refractivity contribution in [1.29, 1.82) is 0 Å². The molecule has 0 aromatic rings. The minimum atomic E-state index is -0.629. The molecule has 2 saturated carbocycles. The SMILES string of the molecule is COC(=O)OC1C(C)(C)C(OC)C1(C)C.COC(=O)OC1CCC(OC)CC1. The molecule has 8 nitrogen and oxygen atoms in total. The summed E-state index contributed by atoms with van der Waals surface area (Å²) in [7, 11) is 6.03. The molecule has 0 bridgehead atoms. The second-order valence-corrected chi connectivity index (χ2v) is 8.42. The molecule has 2 aliphatic carbocycles. The van der Waals surface area contributed by atoms with E-state index in [2.05, 4.69) is 9.47 Å². The van der Waals surface area contributed by atoms with E-state index in [0.717, 1.165) is 25.7 Å². The highest BCUT2D eigenvalue weighted by Crippen LogP contribution is 2.57. The van der Waals surface area contributed by atoms with Gasteiger partial charge in [-0.15, -0.1) is 0 Å². The van der Waals surface area contributed by atoms with Crippen molar-refractivity contribution in [2.24, 2.45) is 10.8 Å². The van der Waals surface area contributed by atoms with Gasteiger partial charge in [0.1, 0.15) is 12.2 Å². The Kier molecular flexibility index (Phi) is 9.01. The third-order valence-electron chi connectivity index (χ3n) is 5.70. The summed E-state index contributed by atoms with van der Waals surface area (Å²) in [6.07, 6.45) is 2.69. The fourth-order valence-corrected chi connectivity index (χ4v) is 4.72. The first kappa shape index (κ1) is 24.5. The molecule has 2 aliphatic rings. The second-order valence-electron chi connectivity index (χ2n) is 8.42. The van der Waals surface area contributed by atoms with Crippen LogP contribution in [0.2, 0.25) is 0 Å². The number of hydrogen-bond donors (Lipinski definition) is 0. The first-order valence-corrected chi connectivity index (χ1v) is 9.59. The predicted octanol–water partition coefficient (Wildman–Crippen LogP) is 3.95. The van der Waals surface area contributed by atoms with Crippen LogP contribution in [0.25, 0.3) is 0 Å². The second kappa shape index (κ2) is 10.3. The van der Waals surface area contributed by atoms with Gasteiger partial charge in [0.2, 0.25) is 0 Å². The van der Waals surface area contributed by atoms with Gasteiger partial charge in [-0.05, 0) is 25.7 Å². The number of ether oxygens (including phenoxy) is 6. The topological polar surface area (TPSA) is 89.5 Å². The lowest BCUT2D eigenvalue weighted by Crippen LogP contribution is -2.69. The number of rotatable bonds is 4. The Morgan fingerprint density at radius 1 is 0.643 bits per heavy atom. The van der Waals surface area contributed by atoms with Crippen molar-refractivity contribution in [3.8, 4) is 0 Å². The summed E-state index contributed by atoms with van der Waals surface area (Å²) >= 11 is 0. The third-order valence-corrected chi connectivity index (χ3v) is 5.70. The summed E-state index contributed by atoms with van der Waals surface area (Å²) < 4.78 is 29.8. The molecule has 0 aromatic heterocycles. The van der Waals surface area contributed by atoms with Gasteiger partial charge in [0.25, 0.3) is 0 Å². The lowest BCUT2D eigenvalue weighted by molar-refractivity contribution is -0.260. The van der Waals surface area contributed by atoms with Gasteiger partial charge in [-0.25, -0.2) is 9.59 Å². The van der Waals surface area contributed by atoms with Crippen LogP contribution in [0, 0.1) is 10.8 Å². The molecule has 0 atom stereocenters. The van der Waals surface area contributed by atoms with Crippen molar-refractivity contribution in [3.05, 3.63) is 0 Å². The molecule has 0 heterocycles. The fraction of sp³-hybridized carbons (Fsp3) is 0.900. The standard InChI is InChI=1S/C11H20O4.C9H16O4/c1-10(2)7(13-5)11(3,4)8(10)15-9(12)14-6;1-11-7-3-5-8(6-4-7)13-9(10)12-2/h7-8H,1-6H3;7-8H,3-6H2,1-2H3. The quantitative estimate of drug-likeness (QED) is 0.651. The molecule has 2 rings (SSSR count). The van der Waals surface area contributed by atoms with Gasteiger partial charge in [-0.3, -0.25) is 0 Å². The number of methoxy groups -OCH3 is 4. The Balaban J connectivity index is 0.000000283. The highest BCUT2D eigenvalue weighted by molar-refractivity contribution is 5.60. The predicted molar refractivity (Wildman–Crippen MR) is 102 cm³/mol. The molecule has 0 aromatic carbocycles. The minimum absolute atomic E-state index is 0.0128. The van der Waals surface area contributed by atoms with Crippen LogP contribution in [0.15, 0.2) is 0 Å². The van der Waals surface area contributed by atoms with Crippen LogP contribution in [-0.2, 0) is 28.4 Å². The Morgan fingerprint density at radius 2 is 1.07 bits per heavy atom. The minimum Gasteiger partial charge on any atom is -0.438 e. The van der Waals surface area contributed by atoms with E-state index in [0.29, 0.717) is 6.10 Å². The normalized spacial score (nSPS) is 30.0. The molecule has 0 N–H and O–H groups in total. The van der Waals surface area contributed by atoms with Crippen LogP contribution < -0.4 is 0 Å². The van der Waals surface area contributed by atoms with Crippen molar-refractivity contribution < 1.29 is 38.0 Å². The first-order valence-electron chi connectivity index (χ1n) is 9.59. The van der Waals surface area contributed by atoms with Gasteiger partial charge in [0.15, 0.2) is 0 Å². The zero-order chi connectivity index (χ0) is 21.5. The molecule has 164 valence electrons. The number of carbonyl (C=O) groups excluding carboxylic acids is 2. The lowest BCUT2D eigenvalue weighted by atomic mass is 9.51. The highest BCUT2D eigenvalue weighted by atomic mass is 16.7. The van der Waals surface area contributed by atoms with E-state index in [-0.39, 0.29) is 29.1 Å². The number of carbonyl (C=O) groups is 2. The molecule has 2 fully saturated rings. The van der Waals surface area contributed by atoms with Crippen LogP contribution in [0.4, 0.5) is 9.59 Å². The molecule has 0 unspecified atom stereocenters. The molecule has 0 saturated heterocycles. The smallest absolute Gasteiger partial charge is 0.438 e. The van der Waals surface area contributed by atoms with Crippen LogP contribution >= 0.6 is 0 Å². The highest BCUT2D eigenvalue weighted by Gasteiger charge is 2.64. The van der Waals surface area contributed by atoms with Crippen molar-refractivity contribution in [2.75, 3.05) is 28.4 Å². The molecule has 0 aliphatic heterocycles. The van der Waals surface area contributed by atoms with E-state index >= 15 is 0 Å². The van der Waals surface area contributed by atoms with Crippen LogP contribution in [-0.4, -0.2) is 65.2 Å². The van der Waals surface area contributed by atoms with E-state index < -0.39 is 12.3 Å². The Bertz CT molecular complexity index is 492. The maximum atomic E-state index is 11.1. The molecular weight excluding hydrogens is 368 g/mol. The zero-order valence-corrected chi connectivity index (χ0v) is 18.4. The lowest BCUT2D eigenvalue weighted by Gasteiger charge is -2.61. The van der Waals surface area contributed by atoms with Gasteiger partial charge < -0.3 is 28.4 Å². The summed E-state index contributed by atoms with van der Waals surface area (Å²) in [5.41, 5.74) is -0.348. The van der Waals surface area contributed by atoms with E-state index in [9.17, 15) is 9.59 Å². The summed E-state index contributed by atoms with van der Waals surface area (Å²) in [4.78, 5) is 21.9. The third kappa shape index (κ3) is 5.73. The Morgan fingerprint density at radius 3 is 1.46 bits per heavy atom. The summed E-state index contributed by atoms with van der Waals surface area (Å²) in [5, 5.41) is 0. The van der Waals surface area contributed by atoms with Crippen molar-refractivity contribution >= 4 is 12.3 Å². The van der Waals surface area contributed by atoms with E-state index in [1.807, 2.05) is 27.7 Å². The Hall–Kier alpha value is -1.54. The van der Waals surface area contributed by atoms with Gasteiger partial charge in [0.05, 0.1) is 26.4 Å². The van der Waals surface area contributed by atoms with Crippen LogP contribution in [0.5, 0.6) is 0 Å². The average Bonchev–Trinajstić information content (AvgIpc) is 2.66. The molecule has 0 amide bonds. The number of hydrogen-bond acceptors (Lipinski definition) is 8. The van der Waals surface area contributed by atoms with Crippen molar-refractivity contribution in [3.63, 3.8) is 0 Å². The van der Waals surface area contributed by atoms with Gasteiger partial charge in [-0.1, -0.05) is 27.7 Å². The van der Waals surface area contributed by atoms with Crippen molar-refractivity contribution in [1.82, 2.24) is 0 Å². The van der Waals surface area contributed by atoms with Gasteiger partial charge in [0, 0.05) is 25.0 Å². The average molecular weight is 405 g/mol. The zero-order valence-electron chi connectivity index (χ0n) is 18.4. The maximum Gasteiger partial charge on any atom is 0.508 e. The molecule has 28 heavy (non-hydrogen) atoms. The van der Waals surface area contributed by atoms with Gasteiger partial charge in [-0.2, -0.15) is 0 Å². The molecule has 8 heteroatoms. The summed E-state index contributed by atoms with van der Waals surface area (Å²) in [5.74, 6) is 0. The van der Waals surface area contributed by atoms with E-state index in [1.54, 1.807) is 14.2 Å². The molecule has 0 radical (unpaired) electrons. The maximum absolute atomic E-state index is 11.1. The van der Waals surface area contributed by atoms with E-state index in [1.165, 1.54) is 14.2 Å². The van der Waals surface area contributed by atoms with Crippen molar-refractivity contribution in [2.45, 2.75) is 77.8 Å². The largest absolute Gasteiger partial charge is 0.508 e. The molecule has 0 spiro atoms. The monoisotopic (exact) mass is 404 g/mol. The van der Waals surface area contributed by atoms with Gasteiger partial charge >= 0.3 is 12.3 Å². The Labute approximate surface area is 168 Å². The summed E-state index contributed by atoms with van der Waals surface area (Å²) in [6.45, 7) is 8.11. The first-order chi connectivity index (χ1) is 13.0. The van der Waals surface area contributed by atoms with Crippen LogP contribution in [0.3, 0.4) is 0 Å². The fourth-order valence-electron chi connectivity index (χ4n) is 4.72. The van der Waals surface area contributed by atoms with Crippen LogP contribution in [0.1, 0.15) is 53.4 Å². The van der Waals surface area contributed by atoms with E-state index in [4.69, 9.17) is 18.9 Å². The summed E-state index contributed by atoms with van der Waals surface area (Å²) in [6, 6.07) is 0. The molecular formula is C20H36O8.